The Balaban J connectivity index is 2.55. The summed E-state index contributed by atoms with van der Waals surface area (Å²) in [6, 6.07) is 6.80. The Morgan fingerprint density at radius 3 is 2.41 bits per heavy atom. The predicted octanol–water partition coefficient (Wildman–Crippen LogP) is 2.91. The zero-order chi connectivity index (χ0) is 21.8. The Morgan fingerprint density at radius 1 is 1.21 bits per heavy atom. The van der Waals surface area contributed by atoms with Crippen molar-refractivity contribution in [3.05, 3.63) is 24.3 Å². The lowest BCUT2D eigenvalue weighted by Crippen LogP contribution is -2.30. The van der Waals surface area contributed by atoms with Crippen LogP contribution >= 0.6 is 11.8 Å². The van der Waals surface area contributed by atoms with Gasteiger partial charge in [-0.2, -0.15) is 4.31 Å². The van der Waals surface area contributed by atoms with Gasteiger partial charge in [-0.25, -0.2) is 8.42 Å². The molecule has 8 nitrogen and oxygen atoms in total. The van der Waals surface area contributed by atoms with Gasteiger partial charge in [-0.05, 0) is 32.4 Å². The number of carbonyl (C=O) groups is 1. The van der Waals surface area contributed by atoms with Gasteiger partial charge in [0.05, 0.1) is 10.1 Å². The van der Waals surface area contributed by atoms with Crippen LogP contribution in [0.4, 0.5) is 0 Å². The summed E-state index contributed by atoms with van der Waals surface area (Å²) in [6.07, 6.45) is 0.820. The van der Waals surface area contributed by atoms with E-state index in [1.165, 1.54) is 16.1 Å². The molecular weight excluding hydrogens is 410 g/mol. The second-order valence-corrected chi connectivity index (χ2v) is 9.96. The quantitative estimate of drug-likeness (QED) is 0.570. The van der Waals surface area contributed by atoms with E-state index >= 15 is 0 Å². The van der Waals surface area contributed by atoms with Gasteiger partial charge in [0.1, 0.15) is 0 Å². The molecule has 1 aromatic carbocycles. The molecule has 0 fully saturated rings. The molecule has 0 radical (unpaired) electrons. The molecule has 0 aliphatic carbocycles. The number of amides is 1. The van der Waals surface area contributed by atoms with Crippen molar-refractivity contribution in [2.75, 3.05) is 13.1 Å². The van der Waals surface area contributed by atoms with Crippen LogP contribution in [0.1, 0.15) is 47.1 Å². The number of sulfonamides is 1. The lowest BCUT2D eigenvalue weighted by Gasteiger charge is -2.20. The average molecular weight is 440 g/mol. The third-order valence-electron chi connectivity index (χ3n) is 4.81. The molecular formula is C19H29N5O3S2. The maximum atomic E-state index is 12.9. The van der Waals surface area contributed by atoms with Crippen LogP contribution in [-0.2, 0) is 14.8 Å². The first-order valence-electron chi connectivity index (χ1n) is 9.68. The highest BCUT2D eigenvalue weighted by atomic mass is 32.2. The number of primary amides is 1. The molecule has 2 N–H and O–H groups in total. The van der Waals surface area contributed by atoms with E-state index < -0.39 is 21.2 Å². The number of aromatic nitrogens is 3. The zero-order valence-electron chi connectivity index (χ0n) is 17.5. The number of nitrogens with two attached hydrogens (primary N) is 1. The molecule has 2 aromatic rings. The number of nitrogens with zero attached hydrogens (tertiary/aromatic N) is 4. The van der Waals surface area contributed by atoms with Crippen molar-refractivity contribution in [1.29, 1.82) is 0 Å². The molecule has 0 bridgehead atoms. The predicted molar refractivity (Wildman–Crippen MR) is 115 cm³/mol. The summed E-state index contributed by atoms with van der Waals surface area (Å²) in [5.41, 5.74) is 6.05. The molecule has 2 unspecified atom stereocenters. The summed E-state index contributed by atoms with van der Waals surface area (Å²) >= 11 is 1.25. The first kappa shape index (κ1) is 23.4. The number of hydrogen-bond acceptors (Lipinski definition) is 6. The van der Waals surface area contributed by atoms with Crippen LogP contribution in [0, 0.1) is 0 Å². The molecule has 2 atom stereocenters. The summed E-state index contributed by atoms with van der Waals surface area (Å²) in [5, 5.41) is 8.69. The Morgan fingerprint density at radius 2 is 1.86 bits per heavy atom. The molecule has 1 aromatic heterocycles. The van der Waals surface area contributed by atoms with Gasteiger partial charge in [0.15, 0.2) is 11.0 Å². The van der Waals surface area contributed by atoms with E-state index in [1.807, 2.05) is 38.3 Å². The normalized spacial score (nSPS) is 14.1. The topological polar surface area (TPSA) is 111 Å². The van der Waals surface area contributed by atoms with E-state index in [0.29, 0.717) is 29.6 Å². The molecule has 1 amide bonds. The van der Waals surface area contributed by atoms with Crippen molar-refractivity contribution < 1.29 is 13.2 Å². The highest BCUT2D eigenvalue weighted by Crippen LogP contribution is 2.32. The highest BCUT2D eigenvalue weighted by Gasteiger charge is 2.25. The Labute approximate surface area is 176 Å². The second kappa shape index (κ2) is 9.73. The number of hydrogen-bond donors (Lipinski definition) is 1. The lowest BCUT2D eigenvalue weighted by atomic mass is 10.2. The fourth-order valence-electron chi connectivity index (χ4n) is 2.86. The van der Waals surface area contributed by atoms with E-state index in [-0.39, 0.29) is 10.9 Å². The van der Waals surface area contributed by atoms with E-state index in [4.69, 9.17) is 5.73 Å². The van der Waals surface area contributed by atoms with Crippen LogP contribution in [-0.4, -0.2) is 51.7 Å². The number of thioether (sulfide) groups is 1. The number of rotatable bonds is 10. The van der Waals surface area contributed by atoms with Crippen LogP contribution in [0.15, 0.2) is 34.3 Å². The molecule has 2 rings (SSSR count). The van der Waals surface area contributed by atoms with Crippen molar-refractivity contribution in [2.45, 2.75) is 62.4 Å². The third kappa shape index (κ3) is 4.99. The highest BCUT2D eigenvalue weighted by molar-refractivity contribution is 8.00. The average Bonchev–Trinajstić information content (AvgIpc) is 3.11. The van der Waals surface area contributed by atoms with Crippen LogP contribution in [0.2, 0.25) is 0 Å². The number of benzene rings is 1. The first-order chi connectivity index (χ1) is 13.7. The van der Waals surface area contributed by atoms with Crippen LogP contribution in [0.25, 0.3) is 11.4 Å². The smallest absolute Gasteiger partial charge is 0.243 e. The largest absolute Gasteiger partial charge is 0.369 e. The van der Waals surface area contributed by atoms with E-state index in [0.717, 1.165) is 6.42 Å². The lowest BCUT2D eigenvalue weighted by molar-refractivity contribution is -0.117. The monoisotopic (exact) mass is 439 g/mol. The Hall–Kier alpha value is -1.91. The van der Waals surface area contributed by atoms with Crippen LogP contribution in [0.5, 0.6) is 0 Å². The minimum Gasteiger partial charge on any atom is -0.369 e. The van der Waals surface area contributed by atoms with Gasteiger partial charge >= 0.3 is 0 Å². The maximum Gasteiger partial charge on any atom is 0.243 e. The van der Waals surface area contributed by atoms with Crippen LogP contribution < -0.4 is 5.73 Å². The molecule has 10 heteroatoms. The summed E-state index contributed by atoms with van der Waals surface area (Å²) in [6.45, 7) is 10.2. The summed E-state index contributed by atoms with van der Waals surface area (Å²) in [4.78, 5) is 11.7. The van der Waals surface area contributed by atoms with Gasteiger partial charge < -0.3 is 5.73 Å². The fraction of sp³-hybridized carbons (Fsp3) is 0.526. The molecule has 0 saturated carbocycles. The van der Waals surface area contributed by atoms with Gasteiger partial charge in [-0.1, -0.05) is 44.7 Å². The Bertz CT molecular complexity index is 955. The van der Waals surface area contributed by atoms with E-state index in [2.05, 4.69) is 10.2 Å². The second-order valence-electron chi connectivity index (χ2n) is 6.71. The summed E-state index contributed by atoms with van der Waals surface area (Å²) in [5.74, 6) is 0.137. The zero-order valence-corrected chi connectivity index (χ0v) is 19.1. The molecule has 0 aliphatic rings. The number of carbonyl (C=O) groups excluding carboxylic acids is 1. The van der Waals surface area contributed by atoms with E-state index in [9.17, 15) is 13.2 Å². The SMILES string of the molecule is CCC(C)n1c(SC(C)C(N)=O)nnc1-c1cccc(S(=O)(=O)N(CC)CC)c1. The first-order valence-corrected chi connectivity index (χ1v) is 12.0. The van der Waals surface area contributed by atoms with Crippen molar-refractivity contribution >= 4 is 27.7 Å². The van der Waals surface area contributed by atoms with Gasteiger partial charge in [0.25, 0.3) is 0 Å². The third-order valence-corrected chi connectivity index (χ3v) is 7.94. The van der Waals surface area contributed by atoms with Crippen molar-refractivity contribution in [3.63, 3.8) is 0 Å². The molecule has 29 heavy (non-hydrogen) atoms. The fourth-order valence-corrected chi connectivity index (χ4v) is 5.26. The van der Waals surface area contributed by atoms with Crippen molar-refractivity contribution in [2.24, 2.45) is 5.73 Å². The molecule has 0 saturated heterocycles. The standard InChI is InChI=1S/C19H29N5O3S2/c1-6-13(4)24-18(21-22-19(24)28-14(5)17(20)25)15-10-9-11-16(12-15)29(26,27)23(7-2)8-3/h9-14H,6-8H2,1-5H3,(H2,20,25). The van der Waals surface area contributed by atoms with Gasteiger partial charge in [-0.15, -0.1) is 10.2 Å². The maximum absolute atomic E-state index is 12.9. The van der Waals surface area contributed by atoms with Crippen molar-refractivity contribution in [3.8, 4) is 11.4 Å². The summed E-state index contributed by atoms with van der Waals surface area (Å²) in [7, 11) is -3.58. The molecule has 0 spiro atoms. The van der Waals surface area contributed by atoms with E-state index in [1.54, 1.807) is 25.1 Å². The summed E-state index contributed by atoms with van der Waals surface area (Å²) < 4.78 is 29.2. The van der Waals surface area contributed by atoms with Crippen molar-refractivity contribution in [1.82, 2.24) is 19.1 Å². The van der Waals surface area contributed by atoms with Crippen LogP contribution in [0.3, 0.4) is 0 Å². The van der Waals surface area contributed by atoms with Gasteiger partial charge in [0.2, 0.25) is 15.9 Å². The minimum atomic E-state index is -3.58. The molecule has 1 heterocycles. The minimum absolute atomic E-state index is 0.0608. The van der Waals surface area contributed by atoms with Gasteiger partial charge in [0, 0.05) is 24.7 Å². The Kier molecular flexibility index (Phi) is 7.84. The molecule has 0 aliphatic heterocycles. The molecule has 160 valence electrons. The van der Waals surface area contributed by atoms with Gasteiger partial charge in [-0.3, -0.25) is 9.36 Å².